The number of nitrogens with one attached hydrogen (secondary N) is 1. The van der Waals surface area contributed by atoms with E-state index in [0.717, 1.165) is 0 Å². The predicted molar refractivity (Wildman–Crippen MR) is 88.2 cm³/mol. The van der Waals surface area contributed by atoms with Crippen molar-refractivity contribution in [2.75, 3.05) is 26.4 Å². The van der Waals surface area contributed by atoms with Gasteiger partial charge < -0.3 is 19.5 Å². The molecule has 4 nitrogen and oxygen atoms in total. The van der Waals surface area contributed by atoms with E-state index >= 15 is 0 Å². The third-order valence-corrected chi connectivity index (χ3v) is 4.15. The van der Waals surface area contributed by atoms with Crippen molar-refractivity contribution in [2.24, 2.45) is 5.89 Å². The molecule has 2 aliphatic rings. The quantitative estimate of drug-likeness (QED) is 0.931. The molecule has 2 aliphatic heterocycles. The molecule has 126 valence electrons. The standard InChI is InChI=1S/C19H20FNO3/c20-15-3-1-13(2-4-15)17-7-8-21-10-14(17)11-22-16-5-6-18-19(9-16)24-12-23-18/h1-6,9,14,17,21H,7-8,10-12H2/t14?,17-/m0/s1/i8D2,12D2,14D. The molecule has 0 amide bonds. The van der Waals surface area contributed by atoms with E-state index in [4.69, 9.17) is 21.1 Å². The van der Waals surface area contributed by atoms with Crippen molar-refractivity contribution in [2.45, 2.75) is 12.3 Å². The highest BCUT2D eigenvalue weighted by Gasteiger charge is 2.27. The third kappa shape index (κ3) is 3.17. The van der Waals surface area contributed by atoms with Crippen molar-refractivity contribution in [3.05, 3.63) is 53.8 Å². The van der Waals surface area contributed by atoms with Crippen LogP contribution in [0.15, 0.2) is 42.5 Å². The highest BCUT2D eigenvalue weighted by Crippen LogP contribution is 2.36. The molecule has 1 saturated heterocycles. The monoisotopic (exact) mass is 334 g/mol. The van der Waals surface area contributed by atoms with Gasteiger partial charge in [0.2, 0.25) is 6.75 Å². The topological polar surface area (TPSA) is 39.7 Å². The van der Waals surface area contributed by atoms with Gasteiger partial charge in [0, 0.05) is 22.6 Å². The van der Waals surface area contributed by atoms with Gasteiger partial charge in [-0.05, 0) is 48.7 Å². The van der Waals surface area contributed by atoms with Crippen LogP contribution in [0.25, 0.3) is 0 Å². The summed E-state index contributed by atoms with van der Waals surface area (Å²) in [4.78, 5) is 0. The molecule has 1 N–H and O–H groups in total. The van der Waals surface area contributed by atoms with Crippen molar-refractivity contribution < 1.29 is 25.5 Å². The van der Waals surface area contributed by atoms with E-state index in [1.165, 1.54) is 24.3 Å². The fourth-order valence-electron chi connectivity index (χ4n) is 2.85. The van der Waals surface area contributed by atoms with E-state index in [-0.39, 0.29) is 31.1 Å². The summed E-state index contributed by atoms with van der Waals surface area (Å²) in [5.41, 5.74) is 0.675. The molecule has 0 radical (unpaired) electrons. The van der Waals surface area contributed by atoms with Gasteiger partial charge >= 0.3 is 0 Å². The average Bonchev–Trinajstić information content (AvgIpc) is 2.96. The smallest absolute Gasteiger partial charge is 0.231 e. The van der Waals surface area contributed by atoms with Gasteiger partial charge in [-0.1, -0.05) is 12.1 Å². The molecule has 0 aliphatic carbocycles. The first kappa shape index (κ1) is 10.6. The van der Waals surface area contributed by atoms with Crippen LogP contribution < -0.4 is 19.5 Å². The maximum atomic E-state index is 13.3. The molecule has 1 fully saturated rings. The summed E-state index contributed by atoms with van der Waals surface area (Å²) in [6.07, 6.45) is 0.0484. The molecule has 4 rings (SSSR count). The van der Waals surface area contributed by atoms with E-state index in [1.807, 2.05) is 0 Å². The van der Waals surface area contributed by atoms with Gasteiger partial charge in [-0.15, -0.1) is 0 Å². The van der Waals surface area contributed by atoms with Gasteiger partial charge in [0.15, 0.2) is 11.5 Å². The molecule has 0 aromatic heterocycles. The maximum Gasteiger partial charge on any atom is 0.231 e. The van der Waals surface area contributed by atoms with Gasteiger partial charge in [0.05, 0.1) is 6.61 Å². The Labute approximate surface area is 147 Å². The molecule has 5 heteroatoms. The molecular weight excluding hydrogens is 309 g/mol. The Hall–Kier alpha value is -2.27. The summed E-state index contributed by atoms with van der Waals surface area (Å²) in [6.45, 7) is -3.88. The molecule has 1 unspecified atom stereocenters. The van der Waals surface area contributed by atoms with Crippen LogP contribution >= 0.6 is 0 Å². The van der Waals surface area contributed by atoms with E-state index in [9.17, 15) is 4.39 Å². The van der Waals surface area contributed by atoms with Crippen molar-refractivity contribution >= 4 is 0 Å². The normalized spacial score (nSPS) is 32.7. The Morgan fingerprint density at radius 1 is 1.21 bits per heavy atom. The van der Waals surface area contributed by atoms with Crippen molar-refractivity contribution in [3.63, 3.8) is 0 Å². The Balaban J connectivity index is 1.54. The molecule has 2 atom stereocenters. The Bertz CT molecular complexity index is 911. The highest BCUT2D eigenvalue weighted by atomic mass is 19.1. The van der Waals surface area contributed by atoms with Crippen LogP contribution in [-0.2, 0) is 0 Å². The molecule has 0 bridgehead atoms. The van der Waals surface area contributed by atoms with E-state index in [0.29, 0.717) is 11.3 Å². The van der Waals surface area contributed by atoms with Gasteiger partial charge in [0.25, 0.3) is 0 Å². The second-order valence-electron chi connectivity index (χ2n) is 5.68. The molecule has 0 saturated carbocycles. The minimum absolute atomic E-state index is 0.0484. The second kappa shape index (κ2) is 6.69. The van der Waals surface area contributed by atoms with Gasteiger partial charge in [-0.2, -0.15) is 0 Å². The van der Waals surface area contributed by atoms with Crippen LogP contribution in [0.5, 0.6) is 17.2 Å². The maximum absolute atomic E-state index is 13.3. The Morgan fingerprint density at radius 3 is 2.92 bits per heavy atom. The largest absolute Gasteiger partial charge is 0.493 e. The van der Waals surface area contributed by atoms with Gasteiger partial charge in [-0.25, -0.2) is 4.39 Å². The van der Waals surface area contributed by atoms with Crippen LogP contribution in [0.2, 0.25) is 0 Å². The zero-order chi connectivity index (χ0) is 20.9. The summed E-state index contributed by atoms with van der Waals surface area (Å²) < 4.78 is 69.2. The van der Waals surface area contributed by atoms with Gasteiger partial charge in [0.1, 0.15) is 14.3 Å². The lowest BCUT2D eigenvalue weighted by Gasteiger charge is -2.32. The predicted octanol–water partition coefficient (Wildman–Crippen LogP) is 3.33. The van der Waals surface area contributed by atoms with Crippen LogP contribution in [0.3, 0.4) is 0 Å². The van der Waals surface area contributed by atoms with Crippen molar-refractivity contribution in [1.29, 1.82) is 0 Å². The van der Waals surface area contributed by atoms with E-state index in [1.54, 1.807) is 18.2 Å². The fourth-order valence-corrected chi connectivity index (χ4v) is 2.85. The molecule has 2 aromatic rings. The number of rotatable bonds is 4. The van der Waals surface area contributed by atoms with Crippen LogP contribution in [0, 0.1) is 11.7 Å². The lowest BCUT2D eigenvalue weighted by Crippen LogP contribution is -2.38. The Kier molecular flexibility index (Phi) is 2.95. The number of fused-ring (bicyclic) bond motifs is 1. The zero-order valence-corrected chi connectivity index (χ0v) is 12.8. The summed E-state index contributed by atoms with van der Waals surface area (Å²) in [5.74, 6) is -1.25. The molecular formula is C19H20FNO3. The fraction of sp³-hybridized carbons (Fsp3) is 0.368. The number of hydrogen-bond donors (Lipinski definition) is 1. The van der Waals surface area contributed by atoms with Gasteiger partial charge in [-0.3, -0.25) is 0 Å². The van der Waals surface area contributed by atoms with E-state index in [2.05, 4.69) is 5.32 Å². The summed E-state index contributed by atoms with van der Waals surface area (Å²) >= 11 is 0. The SMILES string of the molecule is [2H]C1([2H])C[C@@H](c2ccc(F)cc2)C([2H])(COc2ccc3c(c2)OC([2H])([2H])O3)CN1. The summed E-state index contributed by atoms with van der Waals surface area (Å²) in [7, 11) is 0. The average molecular weight is 334 g/mol. The summed E-state index contributed by atoms with van der Waals surface area (Å²) in [5, 5.41) is 2.75. The molecule has 0 spiro atoms. The molecule has 2 heterocycles. The lowest BCUT2D eigenvalue weighted by molar-refractivity contribution is 0.173. The lowest BCUT2D eigenvalue weighted by atomic mass is 9.81. The highest BCUT2D eigenvalue weighted by molar-refractivity contribution is 5.46. The number of halogens is 1. The summed E-state index contributed by atoms with van der Waals surface area (Å²) in [6, 6.07) is 10.4. The third-order valence-electron chi connectivity index (χ3n) is 4.15. The number of ether oxygens (including phenoxy) is 3. The van der Waals surface area contributed by atoms with Crippen molar-refractivity contribution in [1.82, 2.24) is 5.32 Å². The first-order valence-electron chi connectivity index (χ1n) is 10.2. The number of hydrogen-bond acceptors (Lipinski definition) is 4. The van der Waals surface area contributed by atoms with Crippen LogP contribution in [0.4, 0.5) is 4.39 Å². The first-order valence-corrected chi connectivity index (χ1v) is 7.71. The van der Waals surface area contributed by atoms with Crippen molar-refractivity contribution in [3.8, 4) is 17.2 Å². The second-order valence-corrected chi connectivity index (χ2v) is 5.68. The Morgan fingerprint density at radius 2 is 2.04 bits per heavy atom. The van der Waals surface area contributed by atoms with E-state index < -0.39 is 30.9 Å². The molecule has 2 aromatic carbocycles. The first-order chi connectivity index (χ1) is 13.6. The zero-order valence-electron chi connectivity index (χ0n) is 17.8. The number of benzene rings is 2. The minimum Gasteiger partial charge on any atom is -0.493 e. The van der Waals surface area contributed by atoms with Crippen LogP contribution in [0.1, 0.15) is 24.8 Å². The molecule has 24 heavy (non-hydrogen) atoms. The van der Waals surface area contributed by atoms with Crippen LogP contribution in [-0.4, -0.2) is 26.4 Å². The minimum atomic E-state index is -2.23. The number of piperidine rings is 1.